The molecular weight excluding hydrogens is 340 g/mol. The van der Waals surface area contributed by atoms with E-state index in [0.717, 1.165) is 42.7 Å². The largest absolute Gasteiger partial charge is 0.493 e. The fourth-order valence-corrected chi connectivity index (χ4v) is 5.04. The van der Waals surface area contributed by atoms with Crippen LogP contribution < -0.4 is 20.1 Å². The van der Waals surface area contributed by atoms with Gasteiger partial charge < -0.3 is 20.1 Å². The molecule has 0 radical (unpaired) electrons. The van der Waals surface area contributed by atoms with Gasteiger partial charge in [0.05, 0.1) is 13.2 Å². The van der Waals surface area contributed by atoms with Crippen LogP contribution in [0.2, 0.25) is 0 Å². The van der Waals surface area contributed by atoms with Gasteiger partial charge >= 0.3 is 0 Å². The fraction of sp³-hybridized carbons (Fsp3) is 0.682. The van der Waals surface area contributed by atoms with Crippen molar-refractivity contribution < 1.29 is 14.3 Å². The van der Waals surface area contributed by atoms with Crippen molar-refractivity contribution in [2.75, 3.05) is 7.11 Å². The monoisotopic (exact) mass is 372 g/mol. The maximum atomic E-state index is 12.5. The van der Waals surface area contributed by atoms with Crippen molar-refractivity contribution in [1.82, 2.24) is 10.6 Å². The summed E-state index contributed by atoms with van der Waals surface area (Å²) in [5.41, 5.74) is 1.000. The van der Waals surface area contributed by atoms with Crippen LogP contribution in [-0.2, 0) is 11.3 Å². The lowest BCUT2D eigenvalue weighted by molar-refractivity contribution is -0.122. The predicted octanol–water partition coefficient (Wildman–Crippen LogP) is 3.55. The van der Waals surface area contributed by atoms with Gasteiger partial charge in [-0.2, -0.15) is 0 Å². The first kappa shape index (κ1) is 18.6. The summed E-state index contributed by atoms with van der Waals surface area (Å²) in [5, 5.41) is 6.76. The van der Waals surface area contributed by atoms with E-state index in [4.69, 9.17) is 9.47 Å². The summed E-state index contributed by atoms with van der Waals surface area (Å²) in [6.45, 7) is 0.496. The number of rotatable bonds is 7. The van der Waals surface area contributed by atoms with E-state index in [9.17, 15) is 4.79 Å². The molecule has 3 fully saturated rings. The SMILES string of the molecule is COc1cccc(CNC(=O)CC2CC3CCC(C2)N3)c1OC1CCCC1. The number of benzene rings is 1. The van der Waals surface area contributed by atoms with Crippen LogP contribution in [-0.4, -0.2) is 31.2 Å². The number of hydrogen-bond donors (Lipinski definition) is 2. The van der Waals surface area contributed by atoms with E-state index in [1.807, 2.05) is 18.2 Å². The minimum atomic E-state index is 0.149. The molecule has 5 nitrogen and oxygen atoms in total. The van der Waals surface area contributed by atoms with Gasteiger partial charge in [-0.05, 0) is 63.4 Å². The Hall–Kier alpha value is -1.75. The summed E-state index contributed by atoms with van der Waals surface area (Å²) in [6, 6.07) is 7.18. The number of hydrogen-bond acceptors (Lipinski definition) is 4. The molecule has 27 heavy (non-hydrogen) atoms. The number of carbonyl (C=O) groups excluding carboxylic acids is 1. The number of nitrogens with one attached hydrogen (secondary N) is 2. The van der Waals surface area contributed by atoms with Gasteiger partial charge in [0.2, 0.25) is 5.91 Å². The molecule has 2 saturated heterocycles. The molecular formula is C22H32N2O3. The van der Waals surface area contributed by atoms with Gasteiger partial charge in [-0.3, -0.25) is 4.79 Å². The van der Waals surface area contributed by atoms with Crippen molar-refractivity contribution >= 4 is 5.91 Å². The Morgan fingerprint density at radius 2 is 1.89 bits per heavy atom. The number of piperidine rings is 1. The highest BCUT2D eigenvalue weighted by Gasteiger charge is 2.34. The highest BCUT2D eigenvalue weighted by Crippen LogP contribution is 2.35. The quantitative estimate of drug-likeness (QED) is 0.768. The molecule has 3 aliphatic rings. The van der Waals surface area contributed by atoms with E-state index >= 15 is 0 Å². The number of para-hydroxylation sites is 1. The van der Waals surface area contributed by atoms with Gasteiger partial charge in [0.15, 0.2) is 11.5 Å². The van der Waals surface area contributed by atoms with Crippen molar-refractivity contribution in [1.29, 1.82) is 0 Å². The molecule has 2 aliphatic heterocycles. The van der Waals surface area contributed by atoms with Crippen LogP contribution in [0.1, 0.15) is 63.4 Å². The van der Waals surface area contributed by atoms with E-state index in [1.54, 1.807) is 7.11 Å². The molecule has 1 saturated carbocycles. The van der Waals surface area contributed by atoms with E-state index in [1.165, 1.54) is 25.7 Å². The summed E-state index contributed by atoms with van der Waals surface area (Å²) >= 11 is 0. The predicted molar refractivity (Wildman–Crippen MR) is 105 cm³/mol. The summed E-state index contributed by atoms with van der Waals surface area (Å²) in [4.78, 5) is 12.5. The highest BCUT2D eigenvalue weighted by molar-refractivity contribution is 5.76. The normalized spacial score (nSPS) is 27.5. The second-order valence-electron chi connectivity index (χ2n) is 8.43. The second kappa shape index (κ2) is 8.51. The van der Waals surface area contributed by atoms with Crippen LogP contribution in [0.15, 0.2) is 18.2 Å². The van der Waals surface area contributed by atoms with Crippen molar-refractivity contribution in [3.8, 4) is 11.5 Å². The van der Waals surface area contributed by atoms with Gasteiger partial charge in [0.1, 0.15) is 0 Å². The fourth-order valence-electron chi connectivity index (χ4n) is 5.04. The maximum Gasteiger partial charge on any atom is 0.220 e. The summed E-state index contributed by atoms with van der Waals surface area (Å²) < 4.78 is 11.8. The molecule has 2 bridgehead atoms. The Morgan fingerprint density at radius 3 is 2.59 bits per heavy atom. The molecule has 0 aromatic heterocycles. The molecule has 148 valence electrons. The van der Waals surface area contributed by atoms with Crippen LogP contribution in [0, 0.1) is 5.92 Å². The molecule has 2 unspecified atom stereocenters. The van der Waals surface area contributed by atoms with Crippen molar-refractivity contribution in [3.05, 3.63) is 23.8 Å². The van der Waals surface area contributed by atoms with E-state index in [-0.39, 0.29) is 12.0 Å². The van der Waals surface area contributed by atoms with Crippen molar-refractivity contribution in [2.24, 2.45) is 5.92 Å². The lowest BCUT2D eigenvalue weighted by atomic mass is 9.89. The smallest absolute Gasteiger partial charge is 0.220 e. The van der Waals surface area contributed by atoms with Gasteiger partial charge in [0.25, 0.3) is 0 Å². The Labute approximate surface area is 162 Å². The topological polar surface area (TPSA) is 59.6 Å². The average molecular weight is 373 g/mol. The van der Waals surface area contributed by atoms with Crippen LogP contribution in [0.25, 0.3) is 0 Å². The Bertz CT molecular complexity index is 645. The number of amides is 1. The molecule has 2 N–H and O–H groups in total. The zero-order chi connectivity index (χ0) is 18.6. The molecule has 5 heteroatoms. The number of ether oxygens (including phenoxy) is 2. The van der Waals surface area contributed by atoms with E-state index in [2.05, 4.69) is 10.6 Å². The van der Waals surface area contributed by atoms with Crippen molar-refractivity contribution in [2.45, 2.75) is 82.5 Å². The minimum absolute atomic E-state index is 0.149. The summed E-state index contributed by atoms with van der Waals surface area (Å²) in [6.07, 6.45) is 10.4. The van der Waals surface area contributed by atoms with Crippen LogP contribution in [0.5, 0.6) is 11.5 Å². The van der Waals surface area contributed by atoms with Gasteiger partial charge in [-0.25, -0.2) is 0 Å². The average Bonchev–Trinajstić information content (AvgIpc) is 3.30. The van der Waals surface area contributed by atoms with Crippen LogP contribution >= 0.6 is 0 Å². The van der Waals surface area contributed by atoms with E-state index < -0.39 is 0 Å². The molecule has 4 rings (SSSR count). The molecule has 1 aromatic rings. The third-order valence-electron chi connectivity index (χ3n) is 6.39. The maximum absolute atomic E-state index is 12.5. The lowest BCUT2D eigenvalue weighted by Gasteiger charge is -2.28. The summed E-state index contributed by atoms with van der Waals surface area (Å²) in [7, 11) is 1.67. The molecule has 1 aromatic carbocycles. The molecule has 2 atom stereocenters. The number of carbonyl (C=O) groups is 1. The second-order valence-corrected chi connectivity index (χ2v) is 8.43. The van der Waals surface area contributed by atoms with E-state index in [0.29, 0.717) is 31.0 Å². The van der Waals surface area contributed by atoms with Crippen LogP contribution in [0.3, 0.4) is 0 Å². The van der Waals surface area contributed by atoms with Crippen LogP contribution in [0.4, 0.5) is 0 Å². The van der Waals surface area contributed by atoms with Gasteiger partial charge in [-0.1, -0.05) is 12.1 Å². The first-order valence-electron chi connectivity index (χ1n) is 10.6. The lowest BCUT2D eigenvalue weighted by Crippen LogP contribution is -2.39. The molecule has 1 aliphatic carbocycles. The van der Waals surface area contributed by atoms with Gasteiger partial charge in [0, 0.05) is 30.6 Å². The summed E-state index contributed by atoms with van der Waals surface area (Å²) in [5.74, 6) is 2.22. The standard InChI is InChI=1S/C22H32N2O3/c1-26-20-8-4-5-16(22(20)27-19-6-2-3-7-19)14-23-21(25)13-15-11-17-9-10-18(12-15)24-17/h4-5,8,15,17-19,24H,2-3,6-7,9-14H2,1H3,(H,23,25). The third kappa shape index (κ3) is 4.57. The first-order chi connectivity index (χ1) is 13.2. The van der Waals surface area contributed by atoms with Gasteiger partial charge in [-0.15, -0.1) is 0 Å². The number of fused-ring (bicyclic) bond motifs is 2. The third-order valence-corrected chi connectivity index (χ3v) is 6.39. The van der Waals surface area contributed by atoms with Crippen molar-refractivity contribution in [3.63, 3.8) is 0 Å². The first-order valence-corrected chi connectivity index (χ1v) is 10.6. The Balaban J connectivity index is 1.34. The molecule has 2 heterocycles. The zero-order valence-corrected chi connectivity index (χ0v) is 16.3. The Kier molecular flexibility index (Phi) is 5.86. The number of methoxy groups -OCH3 is 1. The molecule has 0 spiro atoms. The molecule has 1 amide bonds. The highest BCUT2D eigenvalue weighted by atomic mass is 16.5. The zero-order valence-electron chi connectivity index (χ0n) is 16.3. The minimum Gasteiger partial charge on any atom is -0.493 e. The Morgan fingerprint density at radius 1 is 1.15 bits per heavy atom.